The molecule has 190 valence electrons. The number of thiocarbonyl (C=S) groups is 1. The number of anilines is 1. The molecule has 0 aliphatic rings. The molecule has 0 aliphatic heterocycles. The molecule has 0 saturated heterocycles. The first-order chi connectivity index (χ1) is 18.0. The molecule has 1 atom stereocenters. The number of ether oxygens (including phenoxy) is 2. The van der Waals surface area contributed by atoms with Crippen LogP contribution in [0.3, 0.4) is 0 Å². The molecule has 37 heavy (non-hydrogen) atoms. The van der Waals surface area contributed by atoms with E-state index in [0.717, 1.165) is 33.5 Å². The SMILES string of the molecule is CCNC(=S)N(c1ccccc1)C(C)Oc1ccc(CCC(=O)OC)cc1-c1ccc2ccccc2c1. The topological polar surface area (TPSA) is 50.8 Å². The zero-order valence-electron chi connectivity index (χ0n) is 21.4. The molecule has 0 heterocycles. The van der Waals surface area contributed by atoms with Crippen LogP contribution in [0.1, 0.15) is 25.8 Å². The summed E-state index contributed by atoms with van der Waals surface area (Å²) in [6, 6.07) is 30.8. The number of carbonyl (C=O) groups is 1. The van der Waals surface area contributed by atoms with Crippen LogP contribution >= 0.6 is 12.2 Å². The first-order valence-electron chi connectivity index (χ1n) is 12.5. The largest absolute Gasteiger partial charge is 0.470 e. The van der Waals surface area contributed by atoms with Gasteiger partial charge in [0, 0.05) is 24.2 Å². The lowest BCUT2D eigenvalue weighted by atomic mass is 9.97. The number of aryl methyl sites for hydroxylation is 1. The van der Waals surface area contributed by atoms with Crippen LogP contribution in [-0.4, -0.2) is 31.0 Å². The number of nitrogens with zero attached hydrogens (tertiary/aromatic N) is 1. The summed E-state index contributed by atoms with van der Waals surface area (Å²) in [4.78, 5) is 13.7. The van der Waals surface area contributed by atoms with E-state index in [1.807, 2.05) is 73.3 Å². The van der Waals surface area contributed by atoms with Crippen molar-refractivity contribution in [3.05, 3.63) is 96.6 Å². The number of methoxy groups -OCH3 is 1. The van der Waals surface area contributed by atoms with Crippen LogP contribution in [0.5, 0.6) is 5.75 Å². The van der Waals surface area contributed by atoms with Gasteiger partial charge in [-0.3, -0.25) is 9.69 Å². The second-order valence-corrected chi connectivity index (χ2v) is 9.11. The number of nitrogens with one attached hydrogen (secondary N) is 1. The highest BCUT2D eigenvalue weighted by molar-refractivity contribution is 7.80. The average molecular weight is 513 g/mol. The van der Waals surface area contributed by atoms with E-state index in [1.54, 1.807) is 0 Å². The van der Waals surface area contributed by atoms with Gasteiger partial charge in [0.15, 0.2) is 11.3 Å². The Morgan fingerprint density at radius 2 is 1.68 bits per heavy atom. The number of carbonyl (C=O) groups excluding carboxylic acids is 1. The molecular formula is C31H32N2O3S. The van der Waals surface area contributed by atoms with Gasteiger partial charge < -0.3 is 14.8 Å². The highest BCUT2D eigenvalue weighted by Crippen LogP contribution is 2.35. The van der Waals surface area contributed by atoms with Crippen LogP contribution in [0.2, 0.25) is 0 Å². The molecule has 0 radical (unpaired) electrons. The average Bonchev–Trinajstić information content (AvgIpc) is 2.93. The minimum Gasteiger partial charge on any atom is -0.470 e. The Labute approximate surface area is 224 Å². The summed E-state index contributed by atoms with van der Waals surface area (Å²) in [6.45, 7) is 4.73. The smallest absolute Gasteiger partial charge is 0.305 e. The summed E-state index contributed by atoms with van der Waals surface area (Å²) in [5, 5.41) is 6.18. The molecule has 5 nitrogen and oxygen atoms in total. The molecule has 0 amide bonds. The van der Waals surface area contributed by atoms with Crippen LogP contribution < -0.4 is 15.0 Å². The number of fused-ring (bicyclic) bond motifs is 1. The number of hydrogen-bond acceptors (Lipinski definition) is 4. The lowest BCUT2D eigenvalue weighted by molar-refractivity contribution is -0.140. The first-order valence-corrected chi connectivity index (χ1v) is 12.9. The van der Waals surface area contributed by atoms with Gasteiger partial charge in [-0.25, -0.2) is 0 Å². The van der Waals surface area contributed by atoms with Crippen LogP contribution in [0.15, 0.2) is 91.0 Å². The fourth-order valence-electron chi connectivity index (χ4n) is 4.32. The van der Waals surface area contributed by atoms with Crippen LogP contribution in [0.4, 0.5) is 5.69 Å². The summed E-state index contributed by atoms with van der Waals surface area (Å²) in [5.74, 6) is 0.515. The van der Waals surface area contributed by atoms with Crippen molar-refractivity contribution >= 4 is 39.8 Å². The fraction of sp³-hybridized carbons (Fsp3) is 0.226. The maximum absolute atomic E-state index is 11.8. The minimum absolute atomic E-state index is 0.225. The Morgan fingerprint density at radius 3 is 2.41 bits per heavy atom. The highest BCUT2D eigenvalue weighted by Gasteiger charge is 2.22. The Balaban J connectivity index is 1.72. The van der Waals surface area contributed by atoms with Crippen molar-refractivity contribution in [3.8, 4) is 16.9 Å². The van der Waals surface area contributed by atoms with Crippen molar-refractivity contribution in [2.45, 2.75) is 32.9 Å². The second kappa shape index (κ2) is 12.4. The lowest BCUT2D eigenvalue weighted by Crippen LogP contribution is -2.47. The van der Waals surface area contributed by atoms with Gasteiger partial charge in [0.2, 0.25) is 0 Å². The van der Waals surface area contributed by atoms with Crippen molar-refractivity contribution in [2.75, 3.05) is 18.6 Å². The molecule has 0 aromatic heterocycles. The second-order valence-electron chi connectivity index (χ2n) is 8.73. The van der Waals surface area contributed by atoms with E-state index < -0.39 is 0 Å². The molecule has 0 fully saturated rings. The zero-order valence-corrected chi connectivity index (χ0v) is 22.3. The van der Waals surface area contributed by atoms with E-state index in [4.69, 9.17) is 21.7 Å². The van der Waals surface area contributed by atoms with Gasteiger partial charge >= 0.3 is 5.97 Å². The maximum atomic E-state index is 11.8. The van der Waals surface area contributed by atoms with E-state index in [9.17, 15) is 4.79 Å². The molecule has 0 aliphatic carbocycles. The summed E-state index contributed by atoms with van der Waals surface area (Å²) in [6.07, 6.45) is 0.529. The molecule has 0 spiro atoms. The molecular weight excluding hydrogens is 480 g/mol. The zero-order chi connectivity index (χ0) is 26.2. The standard InChI is InChI=1S/C31H32N2O3S/c1-4-32-31(37)33(27-12-6-5-7-13-27)22(2)36-29-18-14-23(15-19-30(34)35-3)20-28(29)26-17-16-24-10-8-9-11-25(24)21-26/h5-14,16-18,20-22H,4,15,19H2,1-3H3,(H,32,37). The van der Waals surface area contributed by atoms with Crippen LogP contribution in [-0.2, 0) is 16.0 Å². The number of hydrogen-bond donors (Lipinski definition) is 1. The predicted molar refractivity (Wildman–Crippen MR) is 155 cm³/mol. The summed E-state index contributed by atoms with van der Waals surface area (Å²) in [7, 11) is 1.41. The molecule has 1 N–H and O–H groups in total. The third-order valence-corrected chi connectivity index (χ3v) is 6.53. The van der Waals surface area contributed by atoms with Gasteiger partial charge in [-0.2, -0.15) is 0 Å². The third-order valence-electron chi connectivity index (χ3n) is 6.19. The molecule has 4 aromatic rings. The Bertz CT molecular complexity index is 1370. The van der Waals surface area contributed by atoms with Gasteiger partial charge in [0.05, 0.1) is 7.11 Å². The van der Waals surface area contributed by atoms with Gasteiger partial charge in [0.25, 0.3) is 0 Å². The number of rotatable bonds is 9. The van der Waals surface area contributed by atoms with Crippen molar-refractivity contribution in [1.29, 1.82) is 0 Å². The molecule has 0 bridgehead atoms. The van der Waals surface area contributed by atoms with Gasteiger partial charge in [-0.1, -0.05) is 60.7 Å². The van der Waals surface area contributed by atoms with Crippen molar-refractivity contribution in [2.24, 2.45) is 0 Å². The van der Waals surface area contributed by atoms with Crippen molar-refractivity contribution in [3.63, 3.8) is 0 Å². The van der Waals surface area contributed by atoms with E-state index in [1.165, 1.54) is 12.5 Å². The highest BCUT2D eigenvalue weighted by atomic mass is 32.1. The molecule has 6 heteroatoms. The molecule has 4 rings (SSSR count). The summed E-state index contributed by atoms with van der Waals surface area (Å²) >= 11 is 5.71. The quantitative estimate of drug-likeness (QED) is 0.152. The number of esters is 1. The third kappa shape index (κ3) is 6.46. The summed E-state index contributed by atoms with van der Waals surface area (Å²) < 4.78 is 11.4. The fourth-order valence-corrected chi connectivity index (χ4v) is 4.72. The van der Waals surface area contributed by atoms with Gasteiger partial charge in [-0.15, -0.1) is 0 Å². The minimum atomic E-state index is -0.380. The van der Waals surface area contributed by atoms with E-state index >= 15 is 0 Å². The molecule has 4 aromatic carbocycles. The number of para-hydroxylation sites is 1. The van der Waals surface area contributed by atoms with Crippen molar-refractivity contribution in [1.82, 2.24) is 5.32 Å². The first kappa shape index (κ1) is 26.2. The molecule has 1 unspecified atom stereocenters. The monoisotopic (exact) mass is 512 g/mol. The summed E-state index contributed by atoms with van der Waals surface area (Å²) in [5.41, 5.74) is 3.99. The van der Waals surface area contributed by atoms with Gasteiger partial charge in [0.1, 0.15) is 5.75 Å². The number of benzene rings is 4. The van der Waals surface area contributed by atoms with E-state index in [2.05, 4.69) is 41.7 Å². The Morgan fingerprint density at radius 1 is 0.946 bits per heavy atom. The van der Waals surface area contributed by atoms with E-state index in [0.29, 0.717) is 24.5 Å². The molecule has 0 saturated carbocycles. The lowest BCUT2D eigenvalue weighted by Gasteiger charge is -2.32. The predicted octanol–water partition coefficient (Wildman–Crippen LogP) is 6.74. The normalized spacial score (nSPS) is 11.5. The van der Waals surface area contributed by atoms with Crippen molar-refractivity contribution < 1.29 is 14.3 Å². The maximum Gasteiger partial charge on any atom is 0.305 e. The van der Waals surface area contributed by atoms with Crippen LogP contribution in [0, 0.1) is 0 Å². The Hall–Kier alpha value is -3.90. The van der Waals surface area contributed by atoms with Gasteiger partial charge in [-0.05, 0) is 84.7 Å². The van der Waals surface area contributed by atoms with Crippen LogP contribution in [0.25, 0.3) is 21.9 Å². The van der Waals surface area contributed by atoms with E-state index in [-0.39, 0.29) is 12.2 Å². The Kier molecular flexibility index (Phi) is 8.75.